The summed E-state index contributed by atoms with van der Waals surface area (Å²) < 4.78 is 10.3. The van der Waals surface area contributed by atoms with Crippen molar-refractivity contribution in [1.82, 2.24) is 0 Å². The molecule has 0 saturated carbocycles. The molecule has 3 aromatic carbocycles. The predicted molar refractivity (Wildman–Crippen MR) is 124 cm³/mol. The molecule has 166 valence electrons. The molecule has 0 atom stereocenters. The standard InChI is InChI=1S/C25H22N4O4/c1-15-16(12-24(30)32-2)11-17(28-29-26)13-23(15)27-25(31)33-14-22-20-9-5-3-7-18(20)19-8-4-6-10-21(19)22/h3-11,13,22H,12,14H2,1-2H3,(H,27,31). The summed E-state index contributed by atoms with van der Waals surface area (Å²) in [4.78, 5) is 27.2. The molecule has 0 unspecified atom stereocenters. The minimum absolute atomic E-state index is 0.0174. The van der Waals surface area contributed by atoms with Gasteiger partial charge in [0.25, 0.3) is 0 Å². The van der Waals surface area contributed by atoms with Crippen molar-refractivity contribution in [3.8, 4) is 11.1 Å². The molecule has 0 bridgehead atoms. The number of nitrogens with one attached hydrogen (secondary N) is 1. The van der Waals surface area contributed by atoms with E-state index in [0.29, 0.717) is 16.8 Å². The van der Waals surface area contributed by atoms with E-state index >= 15 is 0 Å². The van der Waals surface area contributed by atoms with Gasteiger partial charge >= 0.3 is 12.1 Å². The maximum atomic E-state index is 12.7. The molecule has 1 aliphatic rings. The number of hydrogen-bond acceptors (Lipinski definition) is 5. The lowest BCUT2D eigenvalue weighted by atomic mass is 9.98. The first-order valence-corrected chi connectivity index (χ1v) is 10.4. The quantitative estimate of drug-likeness (QED) is 0.218. The third-order valence-corrected chi connectivity index (χ3v) is 5.80. The van der Waals surface area contributed by atoms with Gasteiger partial charge in [-0.25, -0.2) is 4.79 Å². The highest BCUT2D eigenvalue weighted by molar-refractivity contribution is 5.88. The summed E-state index contributed by atoms with van der Waals surface area (Å²) >= 11 is 0. The van der Waals surface area contributed by atoms with E-state index in [2.05, 4.69) is 27.5 Å². The summed E-state index contributed by atoms with van der Waals surface area (Å²) in [7, 11) is 1.30. The Kier molecular flexibility index (Phi) is 6.29. The molecule has 0 aromatic heterocycles. The third-order valence-electron chi connectivity index (χ3n) is 5.80. The highest BCUT2D eigenvalue weighted by Gasteiger charge is 2.29. The van der Waals surface area contributed by atoms with Crippen LogP contribution < -0.4 is 5.32 Å². The van der Waals surface area contributed by atoms with Crippen LogP contribution in [-0.4, -0.2) is 25.8 Å². The lowest BCUT2D eigenvalue weighted by molar-refractivity contribution is -0.139. The Morgan fingerprint density at radius 1 is 1.06 bits per heavy atom. The number of azide groups is 1. The summed E-state index contributed by atoms with van der Waals surface area (Å²) in [6.45, 7) is 1.93. The molecule has 8 heteroatoms. The molecule has 33 heavy (non-hydrogen) atoms. The van der Waals surface area contributed by atoms with E-state index in [-0.39, 0.29) is 24.6 Å². The fraction of sp³-hybridized carbons (Fsp3) is 0.200. The topological polar surface area (TPSA) is 113 Å². The van der Waals surface area contributed by atoms with E-state index in [1.165, 1.54) is 13.2 Å². The van der Waals surface area contributed by atoms with Gasteiger partial charge in [0, 0.05) is 22.2 Å². The van der Waals surface area contributed by atoms with Crippen LogP contribution in [0.15, 0.2) is 65.8 Å². The first-order chi connectivity index (χ1) is 16.0. The lowest BCUT2D eigenvalue weighted by Crippen LogP contribution is -2.19. The van der Waals surface area contributed by atoms with E-state index < -0.39 is 12.1 Å². The van der Waals surface area contributed by atoms with Crippen molar-refractivity contribution in [3.05, 3.63) is 93.4 Å². The molecule has 0 heterocycles. The minimum Gasteiger partial charge on any atom is -0.469 e. The number of methoxy groups -OCH3 is 1. The molecule has 4 rings (SSSR count). The predicted octanol–water partition coefficient (Wildman–Crippen LogP) is 6.01. The van der Waals surface area contributed by atoms with Crippen LogP contribution in [0.1, 0.15) is 28.2 Å². The largest absolute Gasteiger partial charge is 0.469 e. The molecule has 3 aromatic rings. The number of esters is 1. The molecule has 0 aliphatic heterocycles. The number of rotatable bonds is 6. The number of carbonyl (C=O) groups is 2. The number of amides is 1. The van der Waals surface area contributed by atoms with Gasteiger partial charge in [0.05, 0.1) is 13.5 Å². The maximum absolute atomic E-state index is 12.7. The van der Waals surface area contributed by atoms with Gasteiger partial charge in [0.2, 0.25) is 0 Å². The average molecular weight is 442 g/mol. The Bertz CT molecular complexity index is 1240. The number of anilines is 1. The second kappa shape index (κ2) is 9.46. The van der Waals surface area contributed by atoms with Gasteiger partial charge in [-0.05, 0) is 58.0 Å². The molecule has 8 nitrogen and oxygen atoms in total. The van der Waals surface area contributed by atoms with Crippen molar-refractivity contribution in [1.29, 1.82) is 0 Å². The maximum Gasteiger partial charge on any atom is 0.411 e. The summed E-state index contributed by atoms with van der Waals surface area (Å²) in [5.41, 5.74) is 15.2. The van der Waals surface area contributed by atoms with Crippen LogP contribution in [0.3, 0.4) is 0 Å². The number of fused-ring (bicyclic) bond motifs is 3. The van der Waals surface area contributed by atoms with Crippen molar-refractivity contribution < 1.29 is 19.1 Å². The summed E-state index contributed by atoms with van der Waals surface area (Å²) in [6, 6.07) is 19.3. The SMILES string of the molecule is COC(=O)Cc1cc(N=[N+]=[N-])cc(NC(=O)OCC2c3ccccc3-c3ccccc32)c1C. The summed E-state index contributed by atoms with van der Waals surface area (Å²) in [5, 5.41) is 6.32. The van der Waals surface area contributed by atoms with Crippen molar-refractivity contribution in [3.63, 3.8) is 0 Å². The number of nitrogens with zero attached hydrogens (tertiary/aromatic N) is 3. The molecular weight excluding hydrogens is 420 g/mol. The fourth-order valence-electron chi connectivity index (χ4n) is 4.15. The second-order valence-electron chi connectivity index (χ2n) is 7.67. The molecule has 0 spiro atoms. The van der Waals surface area contributed by atoms with E-state index in [0.717, 1.165) is 22.3 Å². The molecule has 1 amide bonds. The van der Waals surface area contributed by atoms with Gasteiger partial charge < -0.3 is 9.47 Å². The highest BCUT2D eigenvalue weighted by atomic mass is 16.5. The summed E-state index contributed by atoms with van der Waals surface area (Å²) in [5.74, 6) is -0.503. The van der Waals surface area contributed by atoms with Crippen molar-refractivity contribution in [2.24, 2.45) is 5.11 Å². The van der Waals surface area contributed by atoms with E-state index in [1.54, 1.807) is 13.0 Å². The Labute approximate surface area is 190 Å². The number of carbonyl (C=O) groups excluding carboxylic acids is 2. The first kappa shape index (κ1) is 21.9. The normalized spacial score (nSPS) is 11.7. The van der Waals surface area contributed by atoms with Gasteiger partial charge in [-0.15, -0.1) is 0 Å². The van der Waals surface area contributed by atoms with Crippen molar-refractivity contribution in [2.75, 3.05) is 19.0 Å². The van der Waals surface area contributed by atoms with Gasteiger partial charge in [-0.2, -0.15) is 0 Å². The van der Waals surface area contributed by atoms with Crippen LogP contribution in [0.5, 0.6) is 0 Å². The van der Waals surface area contributed by atoms with Crippen molar-refractivity contribution in [2.45, 2.75) is 19.3 Å². The molecular formula is C25H22N4O4. The van der Waals surface area contributed by atoms with Gasteiger partial charge in [-0.3, -0.25) is 10.1 Å². The van der Waals surface area contributed by atoms with Crippen LogP contribution in [0, 0.1) is 6.92 Å². The molecule has 0 saturated heterocycles. The first-order valence-electron chi connectivity index (χ1n) is 10.4. The van der Waals surface area contributed by atoms with Crippen LogP contribution in [-0.2, 0) is 20.7 Å². The molecule has 0 radical (unpaired) electrons. The Balaban J connectivity index is 1.53. The van der Waals surface area contributed by atoms with Gasteiger partial charge in [0.1, 0.15) is 6.61 Å². The average Bonchev–Trinajstić information content (AvgIpc) is 3.14. The number of hydrogen-bond donors (Lipinski definition) is 1. The number of benzene rings is 3. The van der Waals surface area contributed by atoms with E-state index in [9.17, 15) is 9.59 Å². The second-order valence-corrected chi connectivity index (χ2v) is 7.67. The number of ether oxygens (including phenoxy) is 2. The van der Waals surface area contributed by atoms with Gasteiger partial charge in [0.15, 0.2) is 0 Å². The van der Waals surface area contributed by atoms with Crippen LogP contribution in [0.4, 0.5) is 16.2 Å². The zero-order valence-electron chi connectivity index (χ0n) is 18.2. The highest BCUT2D eigenvalue weighted by Crippen LogP contribution is 2.44. The molecule has 1 N–H and O–H groups in total. The zero-order valence-corrected chi connectivity index (χ0v) is 18.2. The molecule has 0 fully saturated rings. The fourth-order valence-corrected chi connectivity index (χ4v) is 4.15. The van der Waals surface area contributed by atoms with E-state index in [1.807, 2.05) is 36.4 Å². The van der Waals surface area contributed by atoms with Crippen LogP contribution in [0.25, 0.3) is 21.6 Å². The monoisotopic (exact) mass is 442 g/mol. The summed E-state index contributed by atoms with van der Waals surface area (Å²) in [6.07, 6.45) is -0.654. The Morgan fingerprint density at radius 2 is 1.70 bits per heavy atom. The van der Waals surface area contributed by atoms with Crippen molar-refractivity contribution >= 4 is 23.4 Å². The smallest absolute Gasteiger partial charge is 0.411 e. The Morgan fingerprint density at radius 3 is 2.30 bits per heavy atom. The Hall–Kier alpha value is -4.29. The van der Waals surface area contributed by atoms with Crippen LogP contribution in [0.2, 0.25) is 0 Å². The molecule has 1 aliphatic carbocycles. The zero-order chi connectivity index (χ0) is 23.4. The minimum atomic E-state index is -0.637. The van der Waals surface area contributed by atoms with Crippen LogP contribution >= 0.6 is 0 Å². The van der Waals surface area contributed by atoms with E-state index in [4.69, 9.17) is 15.0 Å². The van der Waals surface area contributed by atoms with Gasteiger partial charge in [-0.1, -0.05) is 53.6 Å². The lowest BCUT2D eigenvalue weighted by Gasteiger charge is -2.16. The third kappa shape index (κ3) is 4.51.